The molecule has 0 radical (unpaired) electrons. The van der Waals surface area contributed by atoms with Gasteiger partial charge in [0.15, 0.2) is 0 Å². The predicted molar refractivity (Wildman–Crippen MR) is 53.1 cm³/mol. The van der Waals surface area contributed by atoms with Crippen LogP contribution in [0.2, 0.25) is 0 Å². The lowest BCUT2D eigenvalue weighted by atomic mass is 10.3. The van der Waals surface area contributed by atoms with E-state index in [2.05, 4.69) is 4.98 Å². The molecule has 1 heterocycles. The lowest BCUT2D eigenvalue weighted by molar-refractivity contribution is 0.0995. The molecule has 0 saturated carbocycles. The molecule has 1 rings (SSSR count). The van der Waals surface area contributed by atoms with Crippen LogP contribution in [0.1, 0.15) is 10.5 Å². The average Bonchev–Trinajstić information content (AvgIpc) is 2.18. The third-order valence-corrected chi connectivity index (χ3v) is 1.81. The standard InChI is InChI=1S/C9H13N3O2/c1-12(5-6-13)8-4-2-3-7(11-8)9(10)14/h2-4,13H,5-6H2,1H3,(H2,10,14). The Balaban J connectivity index is 2.87. The van der Waals surface area contributed by atoms with Gasteiger partial charge in [0.05, 0.1) is 6.61 Å². The van der Waals surface area contributed by atoms with Crippen LogP contribution in [-0.2, 0) is 0 Å². The molecule has 1 aromatic rings. The molecule has 1 aromatic heterocycles. The van der Waals surface area contributed by atoms with Crippen LogP contribution >= 0.6 is 0 Å². The van der Waals surface area contributed by atoms with Gasteiger partial charge in [0, 0.05) is 13.6 Å². The van der Waals surface area contributed by atoms with Gasteiger partial charge < -0.3 is 15.7 Å². The number of amides is 1. The molecule has 5 heteroatoms. The lowest BCUT2D eigenvalue weighted by Gasteiger charge is -2.16. The Morgan fingerprint density at radius 1 is 1.64 bits per heavy atom. The van der Waals surface area contributed by atoms with Crippen LogP contribution in [0.5, 0.6) is 0 Å². The number of primary amides is 1. The van der Waals surface area contributed by atoms with Crippen molar-refractivity contribution in [3.63, 3.8) is 0 Å². The zero-order chi connectivity index (χ0) is 10.6. The summed E-state index contributed by atoms with van der Waals surface area (Å²) in [5.74, 6) is 0.0691. The number of nitrogens with two attached hydrogens (primary N) is 1. The molecule has 0 unspecified atom stereocenters. The molecule has 0 spiro atoms. The van der Waals surface area contributed by atoms with Gasteiger partial charge in [-0.15, -0.1) is 0 Å². The highest BCUT2D eigenvalue weighted by Crippen LogP contribution is 2.08. The van der Waals surface area contributed by atoms with Crippen molar-refractivity contribution >= 4 is 11.7 Å². The van der Waals surface area contributed by atoms with Crippen LogP contribution in [-0.4, -0.2) is 36.2 Å². The zero-order valence-corrected chi connectivity index (χ0v) is 7.97. The van der Waals surface area contributed by atoms with Crippen molar-refractivity contribution in [2.45, 2.75) is 0 Å². The molecule has 0 aromatic carbocycles. The van der Waals surface area contributed by atoms with Crippen LogP contribution in [0, 0.1) is 0 Å². The molecular formula is C9H13N3O2. The summed E-state index contributed by atoms with van der Waals surface area (Å²) in [4.78, 5) is 16.6. The molecule has 3 N–H and O–H groups in total. The van der Waals surface area contributed by atoms with Crippen molar-refractivity contribution in [3.05, 3.63) is 23.9 Å². The van der Waals surface area contributed by atoms with Gasteiger partial charge in [0.2, 0.25) is 0 Å². The van der Waals surface area contributed by atoms with Crippen molar-refractivity contribution in [1.29, 1.82) is 0 Å². The van der Waals surface area contributed by atoms with Crippen molar-refractivity contribution in [2.75, 3.05) is 25.1 Å². The van der Waals surface area contributed by atoms with E-state index in [1.807, 2.05) is 0 Å². The average molecular weight is 195 g/mol. The van der Waals surface area contributed by atoms with Gasteiger partial charge in [-0.2, -0.15) is 0 Å². The molecular weight excluding hydrogens is 182 g/mol. The summed E-state index contributed by atoms with van der Waals surface area (Å²) in [6.07, 6.45) is 0. The van der Waals surface area contributed by atoms with Crippen molar-refractivity contribution in [3.8, 4) is 0 Å². The fourth-order valence-corrected chi connectivity index (χ4v) is 1.04. The van der Waals surface area contributed by atoms with Gasteiger partial charge in [-0.05, 0) is 12.1 Å². The number of hydrogen-bond donors (Lipinski definition) is 2. The summed E-state index contributed by atoms with van der Waals surface area (Å²) in [7, 11) is 1.78. The number of aliphatic hydroxyl groups is 1. The first-order valence-corrected chi connectivity index (χ1v) is 4.24. The molecule has 0 bridgehead atoms. The SMILES string of the molecule is CN(CCO)c1cccc(C(N)=O)n1. The van der Waals surface area contributed by atoms with Gasteiger partial charge in [-0.3, -0.25) is 4.79 Å². The summed E-state index contributed by atoms with van der Waals surface area (Å²) >= 11 is 0. The monoisotopic (exact) mass is 195 g/mol. The quantitative estimate of drug-likeness (QED) is 0.685. The Hall–Kier alpha value is -1.62. The first kappa shape index (κ1) is 10.5. The van der Waals surface area contributed by atoms with Gasteiger partial charge in [-0.1, -0.05) is 6.07 Å². The van der Waals surface area contributed by atoms with E-state index in [1.54, 1.807) is 30.1 Å². The topological polar surface area (TPSA) is 79.5 Å². The van der Waals surface area contributed by atoms with E-state index in [4.69, 9.17) is 10.8 Å². The molecule has 0 atom stereocenters. The Morgan fingerprint density at radius 3 is 2.93 bits per heavy atom. The minimum absolute atomic E-state index is 0.0407. The molecule has 0 fully saturated rings. The number of anilines is 1. The van der Waals surface area contributed by atoms with Crippen LogP contribution in [0.25, 0.3) is 0 Å². The predicted octanol–water partition coefficient (Wildman–Crippen LogP) is -0.391. The maximum Gasteiger partial charge on any atom is 0.267 e. The summed E-state index contributed by atoms with van der Waals surface area (Å²) < 4.78 is 0. The molecule has 0 aliphatic heterocycles. The van der Waals surface area contributed by atoms with Crippen LogP contribution in [0.3, 0.4) is 0 Å². The van der Waals surface area contributed by atoms with Gasteiger partial charge in [0.25, 0.3) is 5.91 Å². The molecule has 5 nitrogen and oxygen atoms in total. The van der Waals surface area contributed by atoms with E-state index in [-0.39, 0.29) is 12.3 Å². The molecule has 0 saturated heterocycles. The number of carbonyl (C=O) groups is 1. The molecule has 1 amide bonds. The number of likely N-dealkylation sites (N-methyl/N-ethyl adjacent to an activating group) is 1. The van der Waals surface area contributed by atoms with Gasteiger partial charge in [0.1, 0.15) is 11.5 Å². The minimum Gasteiger partial charge on any atom is -0.395 e. The zero-order valence-electron chi connectivity index (χ0n) is 7.97. The maximum absolute atomic E-state index is 10.8. The number of aliphatic hydroxyl groups excluding tert-OH is 1. The number of carbonyl (C=O) groups excluding carboxylic acids is 1. The highest BCUT2D eigenvalue weighted by molar-refractivity contribution is 5.91. The second-order valence-electron chi connectivity index (χ2n) is 2.89. The van der Waals surface area contributed by atoms with E-state index in [0.29, 0.717) is 12.4 Å². The van der Waals surface area contributed by atoms with Crippen molar-refractivity contribution in [1.82, 2.24) is 4.98 Å². The third kappa shape index (κ3) is 2.43. The van der Waals surface area contributed by atoms with Crippen molar-refractivity contribution < 1.29 is 9.90 Å². The summed E-state index contributed by atoms with van der Waals surface area (Å²) in [5, 5.41) is 8.72. The minimum atomic E-state index is -0.552. The second kappa shape index (κ2) is 4.57. The fourth-order valence-electron chi connectivity index (χ4n) is 1.04. The summed E-state index contributed by atoms with van der Waals surface area (Å²) in [6.45, 7) is 0.508. The summed E-state index contributed by atoms with van der Waals surface area (Å²) in [6, 6.07) is 5.01. The fraction of sp³-hybridized carbons (Fsp3) is 0.333. The van der Waals surface area contributed by atoms with E-state index < -0.39 is 5.91 Å². The maximum atomic E-state index is 10.8. The molecule has 0 aliphatic rings. The van der Waals surface area contributed by atoms with Crippen LogP contribution < -0.4 is 10.6 Å². The van der Waals surface area contributed by atoms with E-state index in [1.165, 1.54) is 0 Å². The van der Waals surface area contributed by atoms with Crippen LogP contribution in [0.4, 0.5) is 5.82 Å². The Morgan fingerprint density at radius 2 is 2.36 bits per heavy atom. The molecule has 14 heavy (non-hydrogen) atoms. The first-order chi connectivity index (χ1) is 6.65. The number of hydrogen-bond acceptors (Lipinski definition) is 4. The number of rotatable bonds is 4. The Labute approximate surface area is 82.2 Å². The smallest absolute Gasteiger partial charge is 0.267 e. The number of aromatic nitrogens is 1. The van der Waals surface area contributed by atoms with E-state index in [9.17, 15) is 4.79 Å². The highest BCUT2D eigenvalue weighted by Gasteiger charge is 2.05. The van der Waals surface area contributed by atoms with Crippen molar-refractivity contribution in [2.24, 2.45) is 5.73 Å². The second-order valence-corrected chi connectivity index (χ2v) is 2.89. The summed E-state index contributed by atoms with van der Waals surface area (Å²) in [5.41, 5.74) is 5.32. The largest absolute Gasteiger partial charge is 0.395 e. The van der Waals surface area contributed by atoms with E-state index in [0.717, 1.165) is 0 Å². The van der Waals surface area contributed by atoms with Crippen LogP contribution in [0.15, 0.2) is 18.2 Å². The third-order valence-electron chi connectivity index (χ3n) is 1.81. The Kier molecular flexibility index (Phi) is 3.41. The lowest BCUT2D eigenvalue weighted by Crippen LogP contribution is -2.23. The Bertz CT molecular complexity index is 328. The number of pyridine rings is 1. The van der Waals surface area contributed by atoms with Gasteiger partial charge >= 0.3 is 0 Å². The molecule has 76 valence electrons. The normalized spacial score (nSPS) is 9.86. The molecule has 0 aliphatic carbocycles. The van der Waals surface area contributed by atoms with E-state index >= 15 is 0 Å². The number of nitrogens with zero attached hydrogens (tertiary/aromatic N) is 2. The highest BCUT2D eigenvalue weighted by atomic mass is 16.3. The van der Waals surface area contributed by atoms with Gasteiger partial charge in [-0.25, -0.2) is 4.98 Å². The first-order valence-electron chi connectivity index (χ1n) is 4.24.